The highest BCUT2D eigenvalue weighted by Crippen LogP contribution is 2.21. The molecule has 1 aromatic heterocycles. The highest BCUT2D eigenvalue weighted by atomic mass is 32.2. The number of sulfonamides is 1. The fourth-order valence-corrected chi connectivity index (χ4v) is 2.89. The molecule has 3 N–H and O–H groups in total. The van der Waals surface area contributed by atoms with Crippen LogP contribution in [0.5, 0.6) is 0 Å². The number of nitrogens with one attached hydrogen (secondary N) is 3. The summed E-state index contributed by atoms with van der Waals surface area (Å²) in [5, 5.41) is 6.38. The molecule has 2 amide bonds. The van der Waals surface area contributed by atoms with Crippen molar-refractivity contribution in [1.82, 2.24) is 4.98 Å². The molecular formula is C17H16N4O3S. The number of hydrogen-bond donors (Lipinski definition) is 3. The first kappa shape index (κ1) is 16.7. The summed E-state index contributed by atoms with van der Waals surface area (Å²) in [5.41, 5.74) is 2.26. The molecule has 3 aromatic rings. The van der Waals surface area contributed by atoms with Gasteiger partial charge in [-0.2, -0.15) is 0 Å². The van der Waals surface area contributed by atoms with Crippen LogP contribution in [0.4, 0.5) is 21.9 Å². The van der Waals surface area contributed by atoms with Crippen LogP contribution in [-0.2, 0) is 10.0 Å². The van der Waals surface area contributed by atoms with E-state index in [1.165, 1.54) is 0 Å². The summed E-state index contributed by atoms with van der Waals surface area (Å²) >= 11 is 0. The van der Waals surface area contributed by atoms with Gasteiger partial charge in [-0.3, -0.25) is 9.71 Å². The molecule has 0 fully saturated rings. The first-order valence-electron chi connectivity index (χ1n) is 7.40. The van der Waals surface area contributed by atoms with Crippen molar-refractivity contribution in [2.24, 2.45) is 0 Å². The van der Waals surface area contributed by atoms with E-state index in [9.17, 15) is 13.2 Å². The second-order valence-corrected chi connectivity index (χ2v) is 7.16. The van der Waals surface area contributed by atoms with Crippen LogP contribution in [0.3, 0.4) is 0 Å². The fraction of sp³-hybridized carbons (Fsp3) is 0.0588. The van der Waals surface area contributed by atoms with Gasteiger partial charge in [-0.1, -0.05) is 18.2 Å². The van der Waals surface area contributed by atoms with Crippen molar-refractivity contribution in [3.05, 3.63) is 60.8 Å². The lowest BCUT2D eigenvalue weighted by Crippen LogP contribution is -2.19. The maximum Gasteiger partial charge on any atom is 0.323 e. The molecule has 0 saturated heterocycles. The number of carbonyl (C=O) groups is 1. The molecule has 0 aliphatic carbocycles. The molecule has 0 radical (unpaired) electrons. The summed E-state index contributed by atoms with van der Waals surface area (Å²) in [6.45, 7) is 0. The van der Waals surface area contributed by atoms with Crippen molar-refractivity contribution in [2.75, 3.05) is 21.6 Å². The van der Waals surface area contributed by atoms with Crippen molar-refractivity contribution in [3.63, 3.8) is 0 Å². The number of hydrogen-bond acceptors (Lipinski definition) is 4. The van der Waals surface area contributed by atoms with Crippen molar-refractivity contribution in [2.45, 2.75) is 0 Å². The van der Waals surface area contributed by atoms with Gasteiger partial charge >= 0.3 is 6.03 Å². The lowest BCUT2D eigenvalue weighted by molar-refractivity contribution is 0.262. The van der Waals surface area contributed by atoms with Gasteiger partial charge in [0.1, 0.15) is 0 Å². The van der Waals surface area contributed by atoms with Crippen LogP contribution in [0.15, 0.2) is 60.8 Å². The van der Waals surface area contributed by atoms with Crippen molar-refractivity contribution < 1.29 is 13.2 Å². The normalized spacial score (nSPS) is 11.1. The molecule has 3 rings (SSSR count). The van der Waals surface area contributed by atoms with Crippen molar-refractivity contribution >= 4 is 44.0 Å². The summed E-state index contributed by atoms with van der Waals surface area (Å²) in [7, 11) is -3.33. The Bertz CT molecular complexity index is 1010. The van der Waals surface area contributed by atoms with Crippen LogP contribution in [0.25, 0.3) is 10.9 Å². The first-order valence-corrected chi connectivity index (χ1v) is 9.29. The topological polar surface area (TPSA) is 100 Å². The number of benzene rings is 2. The summed E-state index contributed by atoms with van der Waals surface area (Å²) in [6.07, 6.45) is 2.74. The number of para-hydroxylation sites is 1. The summed E-state index contributed by atoms with van der Waals surface area (Å²) in [4.78, 5) is 16.5. The third-order valence-electron chi connectivity index (χ3n) is 3.33. The predicted molar refractivity (Wildman–Crippen MR) is 99.3 cm³/mol. The summed E-state index contributed by atoms with van der Waals surface area (Å²) in [6, 6.07) is 15.2. The minimum Gasteiger partial charge on any atom is -0.308 e. The van der Waals surface area contributed by atoms with Crippen molar-refractivity contribution in [1.29, 1.82) is 0 Å². The van der Waals surface area contributed by atoms with E-state index in [0.29, 0.717) is 22.6 Å². The van der Waals surface area contributed by atoms with Gasteiger partial charge < -0.3 is 10.6 Å². The number of amides is 2. The Morgan fingerprint density at radius 3 is 2.32 bits per heavy atom. The zero-order chi connectivity index (χ0) is 17.9. The Balaban J connectivity index is 1.70. The van der Waals surface area contributed by atoms with Gasteiger partial charge in [0.05, 0.1) is 17.5 Å². The van der Waals surface area contributed by atoms with Gasteiger partial charge in [-0.25, -0.2) is 13.2 Å². The van der Waals surface area contributed by atoms with Gasteiger partial charge in [0.2, 0.25) is 10.0 Å². The van der Waals surface area contributed by atoms with E-state index in [1.54, 1.807) is 36.5 Å². The molecule has 8 heteroatoms. The van der Waals surface area contributed by atoms with E-state index in [-0.39, 0.29) is 0 Å². The molecule has 1 heterocycles. The molecule has 0 aliphatic heterocycles. The summed E-state index contributed by atoms with van der Waals surface area (Å²) < 4.78 is 24.7. The average molecular weight is 356 g/mol. The highest BCUT2D eigenvalue weighted by Gasteiger charge is 2.07. The van der Waals surface area contributed by atoms with Crippen LogP contribution < -0.4 is 15.4 Å². The molecule has 0 bridgehead atoms. The number of anilines is 3. The Labute approximate surface area is 145 Å². The number of nitrogens with zero attached hydrogens (tertiary/aromatic N) is 1. The SMILES string of the molecule is CS(=O)(=O)Nc1ccc(NC(=O)Nc2cccc3cccnc23)cc1. The van der Waals surface area contributed by atoms with E-state index in [1.807, 2.05) is 24.3 Å². The molecular weight excluding hydrogens is 340 g/mol. The lowest BCUT2D eigenvalue weighted by atomic mass is 10.2. The number of rotatable bonds is 4. The second kappa shape index (κ2) is 6.78. The van der Waals surface area contributed by atoms with E-state index in [4.69, 9.17) is 0 Å². The van der Waals surface area contributed by atoms with Gasteiger partial charge in [0, 0.05) is 23.0 Å². The van der Waals surface area contributed by atoms with Gasteiger partial charge in [0.25, 0.3) is 0 Å². The molecule has 7 nitrogen and oxygen atoms in total. The number of aromatic nitrogens is 1. The van der Waals surface area contributed by atoms with Crippen LogP contribution in [-0.4, -0.2) is 25.7 Å². The Morgan fingerprint density at radius 2 is 1.60 bits per heavy atom. The minimum absolute atomic E-state index is 0.415. The van der Waals surface area contributed by atoms with Crippen molar-refractivity contribution in [3.8, 4) is 0 Å². The number of fused-ring (bicyclic) bond motifs is 1. The molecule has 0 aliphatic rings. The van der Waals surface area contributed by atoms with Crippen LogP contribution >= 0.6 is 0 Å². The fourth-order valence-electron chi connectivity index (χ4n) is 2.33. The zero-order valence-corrected chi connectivity index (χ0v) is 14.2. The van der Waals surface area contributed by atoms with E-state index >= 15 is 0 Å². The van der Waals surface area contributed by atoms with Gasteiger partial charge in [0.15, 0.2) is 0 Å². The molecule has 0 spiro atoms. The molecule has 0 atom stereocenters. The molecule has 0 unspecified atom stereocenters. The van der Waals surface area contributed by atoms with Crippen LogP contribution in [0.2, 0.25) is 0 Å². The monoisotopic (exact) mass is 356 g/mol. The molecule has 25 heavy (non-hydrogen) atoms. The largest absolute Gasteiger partial charge is 0.323 e. The van der Waals surface area contributed by atoms with Gasteiger partial charge in [-0.05, 0) is 36.4 Å². The maximum absolute atomic E-state index is 12.2. The average Bonchev–Trinajstić information content (AvgIpc) is 2.56. The second-order valence-electron chi connectivity index (χ2n) is 5.41. The molecule has 128 valence electrons. The minimum atomic E-state index is -3.33. The van der Waals surface area contributed by atoms with Crippen LogP contribution in [0.1, 0.15) is 0 Å². The van der Waals surface area contributed by atoms with Crippen LogP contribution in [0, 0.1) is 0 Å². The first-order chi connectivity index (χ1) is 11.9. The predicted octanol–water partition coefficient (Wildman–Crippen LogP) is 3.25. The Morgan fingerprint density at radius 1 is 0.920 bits per heavy atom. The lowest BCUT2D eigenvalue weighted by Gasteiger charge is -2.10. The smallest absolute Gasteiger partial charge is 0.308 e. The van der Waals surface area contributed by atoms with Gasteiger partial charge in [-0.15, -0.1) is 0 Å². The standard InChI is InChI=1S/C17H16N4O3S/c1-25(23,24)21-14-9-7-13(8-10-14)19-17(22)20-15-6-2-4-12-5-3-11-18-16(12)15/h2-11,21H,1H3,(H2,19,20,22). The Kier molecular flexibility index (Phi) is 4.53. The van der Waals surface area contributed by atoms with E-state index in [2.05, 4.69) is 20.3 Å². The zero-order valence-electron chi connectivity index (χ0n) is 13.4. The van der Waals surface area contributed by atoms with E-state index in [0.717, 1.165) is 11.6 Å². The number of urea groups is 1. The third-order valence-corrected chi connectivity index (χ3v) is 3.93. The summed E-state index contributed by atoms with van der Waals surface area (Å²) in [5.74, 6) is 0. The number of pyridine rings is 1. The highest BCUT2D eigenvalue weighted by molar-refractivity contribution is 7.92. The van der Waals surface area contributed by atoms with E-state index < -0.39 is 16.1 Å². The molecule has 2 aromatic carbocycles. The number of carbonyl (C=O) groups excluding carboxylic acids is 1. The Hall–Kier alpha value is -3.13. The maximum atomic E-state index is 12.2. The third kappa shape index (κ3) is 4.45. The molecule has 0 saturated carbocycles. The quantitative estimate of drug-likeness (QED) is 0.668.